The number of unbranched alkanes of at least 4 members (excludes halogenated alkanes) is 2. The van der Waals surface area contributed by atoms with E-state index in [1.165, 1.54) is 64.8 Å². The van der Waals surface area contributed by atoms with E-state index in [0.29, 0.717) is 0 Å². The standard InChI is InChI=1S/C39H54N2/c1-13-16-19-22-38(11)33-32(36(7,8)37(38,9)10)41-31-24-29-27(26-20-17-18-21-28(26)35(29,5)6)23-30(31)39(14-2,15-3)25(4)34(41)40(33)12/h17-18,20-21,23-24,34H,4,13-16,19,22H2,1-3,5-12H3. The van der Waals surface area contributed by atoms with Crippen LogP contribution in [0.5, 0.6) is 0 Å². The van der Waals surface area contributed by atoms with E-state index in [2.05, 4.69) is 122 Å². The summed E-state index contributed by atoms with van der Waals surface area (Å²) in [6, 6.07) is 14.3. The minimum atomic E-state index is -0.0422. The molecule has 220 valence electrons. The highest BCUT2D eigenvalue weighted by Gasteiger charge is 2.67. The fourth-order valence-electron chi connectivity index (χ4n) is 9.85. The number of hydrogen-bond acceptors (Lipinski definition) is 2. The third-order valence-corrected chi connectivity index (χ3v) is 13.4. The lowest BCUT2D eigenvalue weighted by atomic mass is 9.56. The summed E-state index contributed by atoms with van der Waals surface area (Å²) in [6.45, 7) is 29.7. The smallest absolute Gasteiger partial charge is 0.128 e. The number of anilines is 1. The van der Waals surface area contributed by atoms with Crippen LogP contribution in [0.3, 0.4) is 0 Å². The first-order valence-electron chi connectivity index (χ1n) is 16.4. The molecular formula is C39H54N2. The topological polar surface area (TPSA) is 6.48 Å². The molecule has 2 heterocycles. The van der Waals surface area contributed by atoms with Gasteiger partial charge in [-0.25, -0.2) is 0 Å². The first-order valence-corrected chi connectivity index (χ1v) is 16.4. The van der Waals surface area contributed by atoms with Crippen LogP contribution in [0.2, 0.25) is 0 Å². The molecule has 2 aromatic rings. The van der Waals surface area contributed by atoms with Gasteiger partial charge in [-0.1, -0.05) is 119 Å². The van der Waals surface area contributed by atoms with Crippen LogP contribution in [0.4, 0.5) is 5.69 Å². The highest BCUT2D eigenvalue weighted by Crippen LogP contribution is 2.72. The molecule has 0 N–H and O–H groups in total. The average molecular weight is 551 g/mol. The van der Waals surface area contributed by atoms with Crippen molar-refractivity contribution in [3.8, 4) is 11.1 Å². The zero-order valence-electron chi connectivity index (χ0n) is 27.9. The van der Waals surface area contributed by atoms with Gasteiger partial charge in [-0.3, -0.25) is 0 Å². The van der Waals surface area contributed by atoms with Gasteiger partial charge in [0, 0.05) is 45.8 Å². The third-order valence-electron chi connectivity index (χ3n) is 13.4. The first-order chi connectivity index (χ1) is 19.2. The van der Waals surface area contributed by atoms with E-state index in [1.54, 1.807) is 11.4 Å². The van der Waals surface area contributed by atoms with Crippen molar-refractivity contribution in [3.63, 3.8) is 0 Å². The Hall–Kier alpha value is -2.48. The zero-order valence-corrected chi connectivity index (χ0v) is 27.9. The minimum Gasteiger partial charge on any atom is -0.352 e. The fourth-order valence-corrected chi connectivity index (χ4v) is 9.85. The molecule has 41 heavy (non-hydrogen) atoms. The largest absolute Gasteiger partial charge is 0.352 e. The van der Waals surface area contributed by atoms with Crippen molar-refractivity contribution in [2.75, 3.05) is 11.9 Å². The highest BCUT2D eigenvalue weighted by atomic mass is 15.4. The van der Waals surface area contributed by atoms with E-state index in [4.69, 9.17) is 6.58 Å². The van der Waals surface area contributed by atoms with E-state index < -0.39 is 0 Å². The van der Waals surface area contributed by atoms with Gasteiger partial charge >= 0.3 is 0 Å². The average Bonchev–Trinajstić information content (AvgIpc) is 3.41. The van der Waals surface area contributed by atoms with Crippen LogP contribution in [0.25, 0.3) is 11.1 Å². The molecule has 2 atom stereocenters. The second-order valence-electron chi connectivity index (χ2n) is 15.5. The molecule has 0 aromatic heterocycles. The Morgan fingerprint density at radius 1 is 0.780 bits per heavy atom. The Morgan fingerprint density at radius 3 is 2.07 bits per heavy atom. The monoisotopic (exact) mass is 550 g/mol. The maximum atomic E-state index is 4.99. The molecule has 0 bridgehead atoms. The lowest BCUT2D eigenvalue weighted by molar-refractivity contribution is 0.0162. The quantitative estimate of drug-likeness (QED) is 0.261. The summed E-state index contributed by atoms with van der Waals surface area (Å²) in [6.07, 6.45) is 7.40. The van der Waals surface area contributed by atoms with Crippen molar-refractivity contribution in [3.05, 3.63) is 76.6 Å². The fraction of sp³-hybridized carbons (Fsp3) is 0.590. The molecule has 2 unspecified atom stereocenters. The van der Waals surface area contributed by atoms with Crippen LogP contribution in [0, 0.1) is 16.2 Å². The second kappa shape index (κ2) is 8.77. The first kappa shape index (κ1) is 28.6. The number of rotatable bonds is 6. The van der Waals surface area contributed by atoms with Gasteiger partial charge in [-0.05, 0) is 70.2 Å². The highest BCUT2D eigenvalue weighted by molar-refractivity contribution is 5.86. The Balaban J connectivity index is 1.65. The predicted octanol–water partition coefficient (Wildman–Crippen LogP) is 10.6. The van der Waals surface area contributed by atoms with Gasteiger partial charge in [0.2, 0.25) is 0 Å². The molecule has 0 spiro atoms. The van der Waals surface area contributed by atoms with E-state index in [1.807, 2.05) is 0 Å². The summed E-state index contributed by atoms with van der Waals surface area (Å²) in [5, 5.41) is 0. The second-order valence-corrected chi connectivity index (χ2v) is 15.5. The van der Waals surface area contributed by atoms with Crippen LogP contribution in [0.1, 0.15) is 124 Å². The molecule has 4 aliphatic rings. The molecule has 2 aliphatic carbocycles. The van der Waals surface area contributed by atoms with Crippen molar-refractivity contribution in [1.82, 2.24) is 4.90 Å². The number of hydrogen-bond donors (Lipinski definition) is 0. The van der Waals surface area contributed by atoms with Gasteiger partial charge in [0.1, 0.15) is 6.17 Å². The molecule has 0 radical (unpaired) electrons. The van der Waals surface area contributed by atoms with Gasteiger partial charge < -0.3 is 9.80 Å². The number of nitrogens with zero attached hydrogens (tertiary/aromatic N) is 2. The van der Waals surface area contributed by atoms with Gasteiger partial charge in [0.15, 0.2) is 0 Å². The summed E-state index contributed by atoms with van der Waals surface area (Å²) in [7, 11) is 2.38. The number of fused-ring (bicyclic) bond motifs is 7. The maximum absolute atomic E-state index is 4.99. The summed E-state index contributed by atoms with van der Waals surface area (Å²) in [5.74, 6) is 0. The molecule has 0 amide bonds. The summed E-state index contributed by atoms with van der Waals surface area (Å²) in [4.78, 5) is 5.46. The molecular weight excluding hydrogens is 496 g/mol. The Bertz CT molecular complexity index is 1460. The Kier molecular flexibility index (Phi) is 6.13. The van der Waals surface area contributed by atoms with Gasteiger partial charge in [-0.15, -0.1) is 0 Å². The van der Waals surface area contributed by atoms with Crippen LogP contribution < -0.4 is 4.90 Å². The number of likely N-dealkylation sites (N-methyl/N-ethyl adjacent to an activating group) is 1. The molecule has 0 saturated heterocycles. The molecule has 2 aromatic carbocycles. The third kappa shape index (κ3) is 3.15. The SMILES string of the molecule is C=C1C2N(C)C3=C(N2c2cc4c(cc2C1(CC)CC)-c1ccccc1C4(C)C)C(C)(C)C(C)(C)C3(C)CCCCC. The van der Waals surface area contributed by atoms with Crippen molar-refractivity contribution >= 4 is 5.69 Å². The van der Waals surface area contributed by atoms with Crippen molar-refractivity contribution in [2.24, 2.45) is 16.2 Å². The molecule has 2 heteroatoms. The normalized spacial score (nSPS) is 27.5. The van der Waals surface area contributed by atoms with Crippen molar-refractivity contribution in [2.45, 2.75) is 125 Å². The number of allylic oxidation sites excluding steroid dienone is 2. The number of benzene rings is 2. The lowest BCUT2D eigenvalue weighted by Gasteiger charge is -2.56. The maximum Gasteiger partial charge on any atom is 0.128 e. The van der Waals surface area contributed by atoms with E-state index in [-0.39, 0.29) is 33.2 Å². The van der Waals surface area contributed by atoms with Crippen molar-refractivity contribution in [1.29, 1.82) is 0 Å². The van der Waals surface area contributed by atoms with Crippen molar-refractivity contribution < 1.29 is 0 Å². The van der Waals surface area contributed by atoms with E-state index in [9.17, 15) is 0 Å². The summed E-state index contributed by atoms with van der Waals surface area (Å²) >= 11 is 0. The Morgan fingerprint density at radius 2 is 1.44 bits per heavy atom. The molecule has 2 aliphatic heterocycles. The molecule has 6 rings (SSSR count). The summed E-state index contributed by atoms with van der Waals surface area (Å²) in [5.41, 5.74) is 13.4. The minimum absolute atomic E-state index is 0.0137. The predicted molar refractivity (Wildman–Crippen MR) is 176 cm³/mol. The molecule has 0 fully saturated rings. The van der Waals surface area contributed by atoms with E-state index >= 15 is 0 Å². The zero-order chi connectivity index (χ0) is 29.9. The summed E-state index contributed by atoms with van der Waals surface area (Å²) < 4.78 is 0. The van der Waals surface area contributed by atoms with Crippen LogP contribution in [0.15, 0.2) is 59.9 Å². The van der Waals surface area contributed by atoms with Crippen LogP contribution >= 0.6 is 0 Å². The lowest BCUT2D eigenvalue weighted by Crippen LogP contribution is -2.56. The Labute approximate surface area is 250 Å². The van der Waals surface area contributed by atoms with Gasteiger partial charge in [0.05, 0.1) is 0 Å². The van der Waals surface area contributed by atoms with Crippen LogP contribution in [-0.4, -0.2) is 18.1 Å². The van der Waals surface area contributed by atoms with Gasteiger partial charge in [0.25, 0.3) is 0 Å². The van der Waals surface area contributed by atoms with E-state index in [0.717, 1.165) is 12.8 Å². The van der Waals surface area contributed by atoms with Crippen LogP contribution in [-0.2, 0) is 10.8 Å². The molecule has 0 saturated carbocycles. The van der Waals surface area contributed by atoms with Gasteiger partial charge in [-0.2, -0.15) is 0 Å². The molecule has 2 nitrogen and oxygen atoms in total.